The number of likely N-dealkylation sites (N-methyl/N-ethyl adjacent to an activating group) is 1. The zero-order chi connectivity index (χ0) is 18.1. The molecule has 26 heavy (non-hydrogen) atoms. The van der Waals surface area contributed by atoms with Crippen molar-refractivity contribution < 1.29 is 27.4 Å². The number of hydrogen-bond acceptors (Lipinski definition) is 6. The van der Waals surface area contributed by atoms with E-state index in [1.807, 2.05) is 18.2 Å². The highest BCUT2D eigenvalue weighted by atomic mass is 32.2. The molecule has 8 heteroatoms. The molecule has 0 unspecified atom stereocenters. The minimum absolute atomic E-state index is 0.154. The monoisotopic (exact) mass is 377 g/mol. The number of sulfonamides is 1. The molecule has 2 aliphatic rings. The number of ether oxygens (including phenoxy) is 4. The molecule has 0 spiro atoms. The Morgan fingerprint density at radius 1 is 0.962 bits per heavy atom. The summed E-state index contributed by atoms with van der Waals surface area (Å²) in [6, 6.07) is 12.0. The van der Waals surface area contributed by atoms with Crippen LogP contribution in [0.15, 0.2) is 47.4 Å². The van der Waals surface area contributed by atoms with E-state index in [0.29, 0.717) is 36.2 Å². The van der Waals surface area contributed by atoms with Crippen molar-refractivity contribution in [2.75, 3.05) is 33.4 Å². The van der Waals surface area contributed by atoms with E-state index >= 15 is 0 Å². The molecule has 2 heterocycles. The second-order valence-electron chi connectivity index (χ2n) is 6.09. The molecule has 2 aromatic carbocycles. The zero-order valence-corrected chi connectivity index (χ0v) is 15.1. The lowest BCUT2D eigenvalue weighted by atomic mass is 10.2. The van der Waals surface area contributed by atoms with E-state index in [1.165, 1.54) is 23.5 Å². The van der Waals surface area contributed by atoms with Gasteiger partial charge in [-0.1, -0.05) is 12.1 Å². The first-order valence-corrected chi connectivity index (χ1v) is 9.72. The van der Waals surface area contributed by atoms with Crippen molar-refractivity contribution >= 4 is 10.0 Å². The van der Waals surface area contributed by atoms with Crippen LogP contribution in [0.4, 0.5) is 0 Å². The Balaban J connectivity index is 1.50. The quantitative estimate of drug-likeness (QED) is 0.810. The molecule has 1 atom stereocenters. The van der Waals surface area contributed by atoms with Crippen LogP contribution in [-0.4, -0.2) is 52.2 Å². The second-order valence-corrected chi connectivity index (χ2v) is 8.13. The van der Waals surface area contributed by atoms with Gasteiger partial charge in [0.2, 0.25) is 10.0 Å². The summed E-state index contributed by atoms with van der Waals surface area (Å²) in [5.41, 5.74) is 0. The van der Waals surface area contributed by atoms with Crippen molar-refractivity contribution in [1.29, 1.82) is 0 Å². The van der Waals surface area contributed by atoms with Crippen LogP contribution in [0.3, 0.4) is 0 Å². The van der Waals surface area contributed by atoms with Crippen LogP contribution in [0, 0.1) is 0 Å². The van der Waals surface area contributed by atoms with E-state index in [-0.39, 0.29) is 24.2 Å². The maximum Gasteiger partial charge on any atom is 0.243 e. The molecule has 7 nitrogen and oxygen atoms in total. The Morgan fingerprint density at radius 3 is 2.46 bits per heavy atom. The van der Waals surface area contributed by atoms with Gasteiger partial charge in [0.25, 0.3) is 0 Å². The molecule has 0 amide bonds. The molecule has 2 aliphatic heterocycles. The van der Waals surface area contributed by atoms with Gasteiger partial charge in [-0.05, 0) is 24.3 Å². The molecular weight excluding hydrogens is 358 g/mol. The number of nitrogens with zero attached hydrogens (tertiary/aromatic N) is 1. The molecule has 0 N–H and O–H groups in total. The van der Waals surface area contributed by atoms with Gasteiger partial charge in [-0.2, -0.15) is 4.31 Å². The van der Waals surface area contributed by atoms with Crippen LogP contribution in [-0.2, 0) is 10.0 Å². The third-order valence-corrected chi connectivity index (χ3v) is 6.07. The smallest absolute Gasteiger partial charge is 0.243 e. The van der Waals surface area contributed by atoms with Gasteiger partial charge in [0, 0.05) is 13.1 Å². The average Bonchev–Trinajstić information content (AvgIpc) is 2.67. The first kappa shape index (κ1) is 17.0. The van der Waals surface area contributed by atoms with Gasteiger partial charge in [0.15, 0.2) is 23.0 Å². The summed E-state index contributed by atoms with van der Waals surface area (Å²) in [5, 5.41) is 0. The summed E-state index contributed by atoms with van der Waals surface area (Å²) < 4.78 is 49.4. The van der Waals surface area contributed by atoms with E-state index in [9.17, 15) is 8.42 Å². The van der Waals surface area contributed by atoms with Crippen molar-refractivity contribution in [3.05, 3.63) is 42.5 Å². The van der Waals surface area contributed by atoms with Gasteiger partial charge < -0.3 is 18.9 Å². The first-order chi connectivity index (χ1) is 12.5. The lowest BCUT2D eigenvalue weighted by Gasteiger charge is -2.29. The zero-order valence-electron chi connectivity index (χ0n) is 14.3. The standard InChI is InChI=1S/C18H19NO6S/c1-19(11-13-12-24-15-4-2-3-5-17(15)25-13)26(20,21)14-6-7-16-18(10-14)23-9-8-22-16/h2-7,10,13H,8-9,11-12H2,1H3/t13-/m0/s1. The number of fused-ring (bicyclic) bond motifs is 2. The number of hydrogen-bond donors (Lipinski definition) is 0. The van der Waals surface area contributed by atoms with Gasteiger partial charge in [0.05, 0.1) is 11.4 Å². The topological polar surface area (TPSA) is 74.3 Å². The molecule has 0 aromatic heterocycles. The van der Waals surface area contributed by atoms with Crippen LogP contribution >= 0.6 is 0 Å². The normalized spacial score (nSPS) is 18.6. The summed E-state index contributed by atoms with van der Waals surface area (Å²) in [6.45, 7) is 1.32. The van der Waals surface area contributed by atoms with Crippen LogP contribution in [0.2, 0.25) is 0 Å². The predicted octanol–water partition coefficient (Wildman–Crippen LogP) is 1.92. The van der Waals surface area contributed by atoms with Gasteiger partial charge in [-0.25, -0.2) is 8.42 Å². The maximum absolute atomic E-state index is 12.9. The van der Waals surface area contributed by atoms with Crippen molar-refractivity contribution in [1.82, 2.24) is 4.31 Å². The Labute approximate surface area is 152 Å². The fourth-order valence-electron chi connectivity index (χ4n) is 2.90. The summed E-state index contributed by atoms with van der Waals surface area (Å²) in [5.74, 6) is 2.28. The molecule has 2 aromatic rings. The van der Waals surface area contributed by atoms with Crippen LogP contribution in [0.1, 0.15) is 0 Å². The second kappa shape index (κ2) is 6.69. The number of para-hydroxylation sites is 2. The van der Waals surface area contributed by atoms with Gasteiger partial charge >= 0.3 is 0 Å². The molecule has 0 saturated heterocycles. The maximum atomic E-state index is 12.9. The summed E-state index contributed by atoms with van der Waals surface area (Å²) in [6.07, 6.45) is -0.387. The highest BCUT2D eigenvalue weighted by Crippen LogP contribution is 2.34. The molecule has 0 saturated carbocycles. The number of rotatable bonds is 4. The van der Waals surface area contributed by atoms with Crippen LogP contribution in [0.5, 0.6) is 23.0 Å². The molecule has 138 valence electrons. The van der Waals surface area contributed by atoms with Crippen molar-refractivity contribution in [2.45, 2.75) is 11.0 Å². The highest BCUT2D eigenvalue weighted by molar-refractivity contribution is 7.89. The molecule has 4 rings (SSSR count). The Kier molecular flexibility index (Phi) is 4.37. The van der Waals surface area contributed by atoms with Gasteiger partial charge in [-0.15, -0.1) is 0 Å². The largest absolute Gasteiger partial charge is 0.486 e. The molecule has 0 bridgehead atoms. The molecular formula is C18H19NO6S. The third-order valence-electron chi connectivity index (χ3n) is 4.25. The first-order valence-electron chi connectivity index (χ1n) is 8.28. The van der Waals surface area contributed by atoms with E-state index in [0.717, 1.165) is 0 Å². The Morgan fingerprint density at radius 2 is 1.65 bits per heavy atom. The Bertz CT molecular complexity index is 914. The van der Waals surface area contributed by atoms with Crippen molar-refractivity contribution in [3.8, 4) is 23.0 Å². The minimum Gasteiger partial charge on any atom is -0.486 e. The lowest BCUT2D eigenvalue weighted by Crippen LogP contribution is -2.41. The molecule has 0 fully saturated rings. The highest BCUT2D eigenvalue weighted by Gasteiger charge is 2.29. The van der Waals surface area contributed by atoms with E-state index < -0.39 is 10.0 Å². The van der Waals surface area contributed by atoms with Crippen LogP contribution < -0.4 is 18.9 Å². The molecule has 0 aliphatic carbocycles. The average molecular weight is 377 g/mol. The van der Waals surface area contributed by atoms with Crippen molar-refractivity contribution in [2.24, 2.45) is 0 Å². The van der Waals surface area contributed by atoms with Crippen molar-refractivity contribution in [3.63, 3.8) is 0 Å². The molecule has 0 radical (unpaired) electrons. The third kappa shape index (κ3) is 3.17. The number of benzene rings is 2. The Hall–Kier alpha value is -2.45. The van der Waals surface area contributed by atoms with Crippen LogP contribution in [0.25, 0.3) is 0 Å². The minimum atomic E-state index is -3.69. The van der Waals surface area contributed by atoms with E-state index in [1.54, 1.807) is 12.1 Å². The SMILES string of the molecule is CN(C[C@H]1COc2ccccc2O1)S(=O)(=O)c1ccc2c(c1)OCCO2. The summed E-state index contributed by atoms with van der Waals surface area (Å²) >= 11 is 0. The summed E-state index contributed by atoms with van der Waals surface area (Å²) in [4.78, 5) is 0.154. The fourth-order valence-corrected chi connectivity index (χ4v) is 4.12. The van der Waals surface area contributed by atoms with E-state index in [4.69, 9.17) is 18.9 Å². The van der Waals surface area contributed by atoms with E-state index in [2.05, 4.69) is 0 Å². The summed E-state index contributed by atoms with van der Waals surface area (Å²) in [7, 11) is -2.16. The predicted molar refractivity (Wildman–Crippen MR) is 93.6 cm³/mol. The lowest BCUT2D eigenvalue weighted by molar-refractivity contribution is 0.0798. The fraction of sp³-hybridized carbons (Fsp3) is 0.333. The van der Waals surface area contributed by atoms with Gasteiger partial charge in [-0.3, -0.25) is 0 Å². The van der Waals surface area contributed by atoms with Gasteiger partial charge in [0.1, 0.15) is 25.9 Å².